The van der Waals surface area contributed by atoms with Crippen LogP contribution in [0.5, 0.6) is 0 Å². The van der Waals surface area contributed by atoms with Gasteiger partial charge in [-0.1, -0.05) is 63.4 Å². The van der Waals surface area contributed by atoms with Gasteiger partial charge in [0.1, 0.15) is 0 Å². The van der Waals surface area contributed by atoms with Gasteiger partial charge in [0, 0.05) is 29.6 Å². The van der Waals surface area contributed by atoms with E-state index in [0.717, 1.165) is 49.8 Å². The number of carbonyl (C=O) groups excluding carboxylic acids is 1. The SMILES string of the molecule is CC[C@H](C)c1ccc(-c2csc(NC(=O)c3cccc(S(=O)(=O)N(C)C4CCCCC4)c3)n2)cc1. The Kier molecular flexibility index (Phi) is 8.04. The summed E-state index contributed by atoms with van der Waals surface area (Å²) >= 11 is 1.35. The quantitative estimate of drug-likeness (QED) is 0.373. The maximum atomic E-state index is 13.2. The van der Waals surface area contributed by atoms with Crippen LogP contribution in [0.2, 0.25) is 0 Å². The molecule has 2 aromatic carbocycles. The van der Waals surface area contributed by atoms with Crippen LogP contribution in [0.3, 0.4) is 0 Å². The summed E-state index contributed by atoms with van der Waals surface area (Å²) in [5.41, 5.74) is 3.38. The first kappa shape index (κ1) is 25.5. The van der Waals surface area contributed by atoms with Crippen molar-refractivity contribution < 1.29 is 13.2 Å². The summed E-state index contributed by atoms with van der Waals surface area (Å²) in [6.07, 6.45) is 6.09. The average Bonchev–Trinajstić information content (AvgIpc) is 3.36. The van der Waals surface area contributed by atoms with Crippen molar-refractivity contribution in [1.29, 1.82) is 0 Å². The van der Waals surface area contributed by atoms with Crippen LogP contribution in [0.15, 0.2) is 58.8 Å². The summed E-state index contributed by atoms with van der Waals surface area (Å²) < 4.78 is 27.9. The van der Waals surface area contributed by atoms with Crippen molar-refractivity contribution in [3.05, 3.63) is 65.0 Å². The number of sulfonamides is 1. The molecule has 0 saturated heterocycles. The van der Waals surface area contributed by atoms with E-state index in [2.05, 4.69) is 48.4 Å². The minimum Gasteiger partial charge on any atom is -0.298 e. The molecule has 1 amide bonds. The highest BCUT2D eigenvalue weighted by molar-refractivity contribution is 7.89. The van der Waals surface area contributed by atoms with Crippen LogP contribution in [0, 0.1) is 0 Å². The van der Waals surface area contributed by atoms with Crippen LogP contribution < -0.4 is 5.32 Å². The lowest BCUT2D eigenvalue weighted by molar-refractivity contribution is 0.102. The zero-order chi connectivity index (χ0) is 25.0. The van der Waals surface area contributed by atoms with E-state index in [4.69, 9.17) is 0 Å². The molecule has 3 aromatic rings. The Hall–Kier alpha value is -2.55. The van der Waals surface area contributed by atoms with Crippen LogP contribution in [0.1, 0.15) is 74.2 Å². The molecule has 4 rings (SSSR count). The first-order chi connectivity index (χ1) is 16.8. The Morgan fingerprint density at radius 2 is 1.86 bits per heavy atom. The van der Waals surface area contributed by atoms with E-state index in [1.165, 1.54) is 27.3 Å². The van der Waals surface area contributed by atoms with Crippen molar-refractivity contribution in [2.24, 2.45) is 0 Å². The fraction of sp³-hybridized carbons (Fsp3) is 0.407. The van der Waals surface area contributed by atoms with Gasteiger partial charge in [-0.15, -0.1) is 11.3 Å². The molecule has 1 fully saturated rings. The normalized spacial score (nSPS) is 15.8. The average molecular weight is 512 g/mol. The van der Waals surface area contributed by atoms with Gasteiger partial charge < -0.3 is 0 Å². The highest BCUT2D eigenvalue weighted by atomic mass is 32.2. The summed E-state index contributed by atoms with van der Waals surface area (Å²) in [7, 11) is -2.03. The Morgan fingerprint density at radius 3 is 2.54 bits per heavy atom. The Bertz CT molecular complexity index is 1260. The molecule has 1 atom stereocenters. The predicted molar refractivity (Wildman–Crippen MR) is 142 cm³/mol. The zero-order valence-electron chi connectivity index (χ0n) is 20.5. The monoisotopic (exact) mass is 511 g/mol. The number of hydrogen-bond acceptors (Lipinski definition) is 5. The van der Waals surface area contributed by atoms with Crippen molar-refractivity contribution in [2.45, 2.75) is 69.2 Å². The van der Waals surface area contributed by atoms with Crippen molar-refractivity contribution in [3.63, 3.8) is 0 Å². The van der Waals surface area contributed by atoms with Gasteiger partial charge >= 0.3 is 0 Å². The molecule has 0 spiro atoms. The van der Waals surface area contributed by atoms with Gasteiger partial charge in [0.05, 0.1) is 10.6 Å². The molecular formula is C27H33N3O3S2. The lowest BCUT2D eigenvalue weighted by Crippen LogP contribution is -2.38. The highest BCUT2D eigenvalue weighted by Gasteiger charge is 2.29. The van der Waals surface area contributed by atoms with Gasteiger partial charge in [-0.25, -0.2) is 13.4 Å². The third-order valence-corrected chi connectivity index (χ3v) is 9.64. The number of anilines is 1. The molecule has 1 saturated carbocycles. The summed E-state index contributed by atoms with van der Waals surface area (Å²) in [5.74, 6) is 0.131. The van der Waals surface area contributed by atoms with Gasteiger partial charge in [-0.3, -0.25) is 10.1 Å². The number of hydrogen-bond donors (Lipinski definition) is 1. The van der Waals surface area contributed by atoms with E-state index in [9.17, 15) is 13.2 Å². The minimum atomic E-state index is -3.67. The predicted octanol–water partition coefficient (Wildman–Crippen LogP) is 6.53. The molecule has 0 bridgehead atoms. The highest BCUT2D eigenvalue weighted by Crippen LogP contribution is 2.29. The standard InChI is InChI=1S/C27H33N3O3S2/c1-4-19(2)20-13-15-21(16-14-20)25-18-34-27(28-25)29-26(31)22-9-8-12-24(17-22)35(32,33)30(3)23-10-6-5-7-11-23/h8-9,12-19,23H,4-7,10-11H2,1-3H3,(H,28,29,31)/t19-/m0/s1. The van der Waals surface area contributed by atoms with E-state index in [1.807, 2.05) is 5.38 Å². The van der Waals surface area contributed by atoms with Crippen molar-refractivity contribution in [3.8, 4) is 11.3 Å². The molecule has 6 nitrogen and oxygen atoms in total. The molecule has 0 radical (unpaired) electrons. The smallest absolute Gasteiger partial charge is 0.257 e. The summed E-state index contributed by atoms with van der Waals surface area (Å²) in [4.78, 5) is 17.6. The molecule has 8 heteroatoms. The van der Waals surface area contributed by atoms with E-state index >= 15 is 0 Å². The van der Waals surface area contributed by atoms with Gasteiger partial charge in [-0.05, 0) is 48.9 Å². The number of thiazole rings is 1. The van der Waals surface area contributed by atoms with Crippen LogP contribution in [-0.4, -0.2) is 36.7 Å². The second-order valence-corrected chi connectivity index (χ2v) is 12.1. The molecule has 1 aromatic heterocycles. The lowest BCUT2D eigenvalue weighted by atomic mass is 9.96. The molecule has 35 heavy (non-hydrogen) atoms. The third kappa shape index (κ3) is 5.82. The largest absolute Gasteiger partial charge is 0.298 e. The summed E-state index contributed by atoms with van der Waals surface area (Å²) in [6, 6.07) is 14.6. The van der Waals surface area contributed by atoms with Crippen molar-refractivity contribution >= 4 is 32.4 Å². The van der Waals surface area contributed by atoms with Gasteiger partial charge in [0.15, 0.2) is 5.13 Å². The molecule has 1 N–H and O–H groups in total. The number of amides is 1. The number of rotatable bonds is 8. The van der Waals surface area contributed by atoms with E-state index in [0.29, 0.717) is 11.0 Å². The van der Waals surface area contributed by atoms with Crippen LogP contribution in [-0.2, 0) is 10.0 Å². The lowest BCUT2D eigenvalue weighted by Gasteiger charge is -2.30. The minimum absolute atomic E-state index is 0.0132. The van der Waals surface area contributed by atoms with Gasteiger partial charge in [0.25, 0.3) is 5.91 Å². The van der Waals surface area contributed by atoms with Crippen LogP contribution in [0.4, 0.5) is 5.13 Å². The molecule has 1 aliphatic rings. The second-order valence-electron chi connectivity index (χ2n) is 9.26. The fourth-order valence-electron chi connectivity index (χ4n) is 4.46. The Morgan fingerprint density at radius 1 is 1.14 bits per heavy atom. The molecule has 1 aliphatic carbocycles. The summed E-state index contributed by atoms with van der Waals surface area (Å²) in [6.45, 7) is 4.38. The molecular weight excluding hydrogens is 478 g/mol. The zero-order valence-corrected chi connectivity index (χ0v) is 22.2. The van der Waals surface area contributed by atoms with E-state index < -0.39 is 10.0 Å². The first-order valence-corrected chi connectivity index (χ1v) is 14.6. The van der Waals surface area contributed by atoms with Crippen molar-refractivity contribution in [2.75, 3.05) is 12.4 Å². The Labute approximate surface area is 212 Å². The number of aromatic nitrogens is 1. The van der Waals surface area contributed by atoms with E-state index in [1.54, 1.807) is 25.2 Å². The molecule has 0 aliphatic heterocycles. The molecule has 1 heterocycles. The first-order valence-electron chi connectivity index (χ1n) is 12.2. The topological polar surface area (TPSA) is 79.4 Å². The number of nitrogens with one attached hydrogen (secondary N) is 1. The van der Waals surface area contributed by atoms with Gasteiger partial charge in [0.2, 0.25) is 10.0 Å². The molecule has 0 unspecified atom stereocenters. The summed E-state index contributed by atoms with van der Waals surface area (Å²) in [5, 5.41) is 5.20. The Balaban J connectivity index is 1.46. The van der Waals surface area contributed by atoms with Gasteiger partial charge in [-0.2, -0.15) is 4.31 Å². The number of nitrogens with zero attached hydrogens (tertiary/aromatic N) is 2. The third-order valence-electron chi connectivity index (χ3n) is 6.97. The number of benzene rings is 2. The number of carbonyl (C=O) groups is 1. The second kappa shape index (κ2) is 11.0. The molecule has 186 valence electrons. The maximum absolute atomic E-state index is 13.2. The van der Waals surface area contributed by atoms with Crippen LogP contribution in [0.25, 0.3) is 11.3 Å². The van der Waals surface area contributed by atoms with Crippen molar-refractivity contribution in [1.82, 2.24) is 9.29 Å². The van der Waals surface area contributed by atoms with Crippen LogP contribution >= 0.6 is 11.3 Å². The fourth-order valence-corrected chi connectivity index (χ4v) is 6.63. The van der Waals surface area contributed by atoms with E-state index in [-0.39, 0.29) is 22.4 Å². The maximum Gasteiger partial charge on any atom is 0.257 e.